The number of carbonyl (C=O) groups is 1. The summed E-state index contributed by atoms with van der Waals surface area (Å²) in [5.74, 6) is 0.649. The Morgan fingerprint density at radius 3 is 2.60 bits per heavy atom. The molecule has 1 saturated heterocycles. The lowest BCUT2D eigenvalue weighted by Crippen LogP contribution is -2.49. The van der Waals surface area contributed by atoms with Gasteiger partial charge in [0.05, 0.1) is 35.4 Å². The van der Waals surface area contributed by atoms with E-state index in [1.165, 1.54) is 0 Å². The summed E-state index contributed by atoms with van der Waals surface area (Å²) in [6.45, 7) is 4.79. The van der Waals surface area contributed by atoms with Crippen molar-refractivity contribution in [3.05, 3.63) is 52.5 Å². The lowest BCUT2D eigenvalue weighted by atomic mass is 10.2. The summed E-state index contributed by atoms with van der Waals surface area (Å²) in [5, 5.41) is 5.72. The van der Waals surface area contributed by atoms with Crippen LogP contribution >= 0.6 is 23.2 Å². The van der Waals surface area contributed by atoms with Gasteiger partial charge in [0.25, 0.3) is 0 Å². The van der Waals surface area contributed by atoms with E-state index in [1.54, 1.807) is 30.4 Å². The molecule has 0 saturated carbocycles. The van der Waals surface area contributed by atoms with E-state index in [0.29, 0.717) is 34.6 Å². The van der Waals surface area contributed by atoms with Gasteiger partial charge in [-0.05, 0) is 25.1 Å². The van der Waals surface area contributed by atoms with E-state index < -0.39 is 6.17 Å². The van der Waals surface area contributed by atoms with E-state index in [9.17, 15) is 4.79 Å². The van der Waals surface area contributed by atoms with Crippen LogP contribution in [0, 0.1) is 6.92 Å². The van der Waals surface area contributed by atoms with Gasteiger partial charge in [-0.2, -0.15) is 5.10 Å². The molecular formula is C21H22Cl2N4O3. The van der Waals surface area contributed by atoms with E-state index in [-0.39, 0.29) is 0 Å². The number of furan rings is 1. The molecule has 0 bridgehead atoms. The Kier molecular flexibility index (Phi) is 6.04. The Labute approximate surface area is 184 Å². The van der Waals surface area contributed by atoms with Crippen molar-refractivity contribution in [1.29, 1.82) is 0 Å². The van der Waals surface area contributed by atoms with Gasteiger partial charge in [0, 0.05) is 43.5 Å². The predicted octanol–water partition coefficient (Wildman–Crippen LogP) is 4.29. The molecule has 7 nitrogen and oxygen atoms in total. The minimum atomic E-state index is -0.523. The SMILES string of the molecule is COc1cc(N2CCN(C(C=O)n3nc(-c4ccoc4)c(Cl)c3C)CC2)ccc1Cl. The Morgan fingerprint density at radius 2 is 1.97 bits per heavy atom. The zero-order valence-electron chi connectivity index (χ0n) is 16.7. The van der Waals surface area contributed by atoms with Crippen molar-refractivity contribution < 1.29 is 13.9 Å². The number of piperazine rings is 1. The third-order valence-electron chi connectivity index (χ3n) is 5.43. The monoisotopic (exact) mass is 448 g/mol. The molecule has 0 amide bonds. The highest BCUT2D eigenvalue weighted by molar-refractivity contribution is 6.33. The predicted molar refractivity (Wildman–Crippen MR) is 117 cm³/mol. The first-order valence-electron chi connectivity index (χ1n) is 9.58. The van der Waals surface area contributed by atoms with Gasteiger partial charge in [-0.3, -0.25) is 9.69 Å². The molecule has 4 rings (SSSR count). The van der Waals surface area contributed by atoms with Crippen molar-refractivity contribution in [1.82, 2.24) is 14.7 Å². The second kappa shape index (κ2) is 8.71. The fraction of sp³-hybridized carbons (Fsp3) is 0.333. The van der Waals surface area contributed by atoms with Crippen molar-refractivity contribution >= 4 is 35.2 Å². The molecule has 3 aromatic rings. The highest BCUT2D eigenvalue weighted by Gasteiger charge is 2.28. The number of nitrogens with zero attached hydrogens (tertiary/aromatic N) is 4. The van der Waals surface area contributed by atoms with Crippen LogP contribution in [-0.2, 0) is 4.79 Å². The topological polar surface area (TPSA) is 63.7 Å². The number of ether oxygens (including phenoxy) is 1. The average Bonchev–Trinajstić information content (AvgIpc) is 3.39. The van der Waals surface area contributed by atoms with Gasteiger partial charge < -0.3 is 14.1 Å². The Hall–Kier alpha value is -2.48. The lowest BCUT2D eigenvalue weighted by Gasteiger charge is -2.38. The summed E-state index contributed by atoms with van der Waals surface area (Å²) in [4.78, 5) is 16.4. The first kappa shape index (κ1) is 20.8. The highest BCUT2D eigenvalue weighted by Crippen LogP contribution is 2.33. The highest BCUT2D eigenvalue weighted by atomic mass is 35.5. The van der Waals surface area contributed by atoms with E-state index >= 15 is 0 Å². The summed E-state index contributed by atoms with van der Waals surface area (Å²) in [5.41, 5.74) is 3.18. The number of hydrogen-bond acceptors (Lipinski definition) is 6. The minimum Gasteiger partial charge on any atom is -0.495 e. The quantitative estimate of drug-likeness (QED) is 0.524. The van der Waals surface area contributed by atoms with Crippen LogP contribution in [0.4, 0.5) is 5.69 Å². The molecule has 1 aliphatic heterocycles. The van der Waals surface area contributed by atoms with Gasteiger partial charge in [0.1, 0.15) is 11.4 Å². The molecule has 2 aromatic heterocycles. The van der Waals surface area contributed by atoms with Crippen LogP contribution in [0.25, 0.3) is 11.3 Å². The molecule has 0 radical (unpaired) electrons. The number of carbonyl (C=O) groups excluding carboxylic acids is 1. The maximum Gasteiger partial charge on any atom is 0.160 e. The largest absolute Gasteiger partial charge is 0.495 e. The summed E-state index contributed by atoms with van der Waals surface area (Å²) >= 11 is 12.6. The minimum absolute atomic E-state index is 0.523. The summed E-state index contributed by atoms with van der Waals surface area (Å²) in [6, 6.07) is 7.55. The smallest absolute Gasteiger partial charge is 0.160 e. The van der Waals surface area contributed by atoms with E-state index in [0.717, 1.165) is 36.3 Å². The molecule has 158 valence electrons. The maximum atomic E-state index is 12.0. The van der Waals surface area contributed by atoms with Gasteiger partial charge in [0.2, 0.25) is 0 Å². The van der Waals surface area contributed by atoms with E-state index in [1.807, 2.05) is 25.1 Å². The third kappa shape index (κ3) is 3.80. The number of aldehydes is 1. The van der Waals surface area contributed by atoms with Crippen molar-refractivity contribution in [3.63, 3.8) is 0 Å². The Balaban J connectivity index is 1.51. The van der Waals surface area contributed by atoms with Crippen molar-refractivity contribution in [2.45, 2.75) is 13.1 Å². The molecule has 1 fully saturated rings. The number of aromatic nitrogens is 2. The van der Waals surface area contributed by atoms with Crippen LogP contribution in [0.3, 0.4) is 0 Å². The molecule has 0 aliphatic carbocycles. The number of benzene rings is 1. The van der Waals surface area contributed by atoms with Crippen LogP contribution in [0.15, 0.2) is 41.2 Å². The van der Waals surface area contributed by atoms with Crippen LogP contribution in [-0.4, -0.2) is 54.3 Å². The van der Waals surface area contributed by atoms with Crippen LogP contribution in [0.2, 0.25) is 10.0 Å². The number of rotatable bonds is 6. The van der Waals surface area contributed by atoms with Crippen molar-refractivity contribution in [3.8, 4) is 17.0 Å². The average molecular weight is 449 g/mol. The maximum absolute atomic E-state index is 12.0. The van der Waals surface area contributed by atoms with Gasteiger partial charge in [-0.15, -0.1) is 0 Å². The summed E-state index contributed by atoms with van der Waals surface area (Å²) < 4.78 is 12.2. The second-order valence-corrected chi connectivity index (χ2v) is 7.88. The Bertz CT molecular complexity index is 1030. The zero-order valence-corrected chi connectivity index (χ0v) is 18.2. The lowest BCUT2D eigenvalue weighted by molar-refractivity contribution is -0.116. The van der Waals surface area contributed by atoms with Crippen LogP contribution in [0.1, 0.15) is 11.9 Å². The molecule has 3 heterocycles. The second-order valence-electron chi connectivity index (χ2n) is 7.10. The Morgan fingerprint density at radius 1 is 1.20 bits per heavy atom. The van der Waals surface area contributed by atoms with Gasteiger partial charge in [0.15, 0.2) is 12.5 Å². The molecule has 9 heteroatoms. The fourth-order valence-corrected chi connectivity index (χ4v) is 4.16. The fourth-order valence-electron chi connectivity index (χ4n) is 3.73. The normalized spacial score (nSPS) is 15.9. The number of hydrogen-bond donors (Lipinski definition) is 0. The third-order valence-corrected chi connectivity index (χ3v) is 6.20. The van der Waals surface area contributed by atoms with E-state index in [4.69, 9.17) is 32.4 Å². The van der Waals surface area contributed by atoms with Gasteiger partial charge >= 0.3 is 0 Å². The zero-order chi connectivity index (χ0) is 21.3. The number of halogens is 2. The van der Waals surface area contributed by atoms with E-state index in [2.05, 4.69) is 14.9 Å². The summed E-state index contributed by atoms with van der Waals surface area (Å²) in [7, 11) is 1.60. The van der Waals surface area contributed by atoms with Gasteiger partial charge in [-0.25, -0.2) is 4.68 Å². The number of anilines is 1. The van der Waals surface area contributed by atoms with Crippen molar-refractivity contribution in [2.24, 2.45) is 0 Å². The molecular weight excluding hydrogens is 427 g/mol. The molecule has 30 heavy (non-hydrogen) atoms. The molecule has 1 aliphatic rings. The molecule has 0 N–H and O–H groups in total. The molecule has 0 spiro atoms. The molecule has 1 atom stereocenters. The molecule has 1 aromatic carbocycles. The molecule has 1 unspecified atom stereocenters. The van der Waals surface area contributed by atoms with Crippen molar-refractivity contribution in [2.75, 3.05) is 38.2 Å². The van der Waals surface area contributed by atoms with Crippen LogP contribution in [0.5, 0.6) is 5.75 Å². The van der Waals surface area contributed by atoms with Crippen LogP contribution < -0.4 is 9.64 Å². The first-order chi connectivity index (χ1) is 14.5. The number of methoxy groups -OCH3 is 1. The summed E-state index contributed by atoms with van der Waals surface area (Å²) in [6.07, 6.45) is 3.55. The van der Waals surface area contributed by atoms with Gasteiger partial charge in [-0.1, -0.05) is 23.2 Å². The standard InChI is InChI=1S/C21H22Cl2N4O3/c1-14-20(23)21(15-5-10-30-13-15)24-27(14)19(12-28)26-8-6-25(7-9-26)16-3-4-17(22)18(11-16)29-2/h3-5,10-13,19H,6-9H2,1-2H3. The first-order valence-corrected chi connectivity index (χ1v) is 10.3.